The van der Waals surface area contributed by atoms with Gasteiger partial charge in [0.2, 0.25) is 5.88 Å². The smallest absolute Gasteiger partial charge is 0.293 e. The van der Waals surface area contributed by atoms with E-state index in [0.717, 1.165) is 56.7 Å². The number of ether oxygens (including phenoxy) is 4. The second-order valence-corrected chi connectivity index (χ2v) is 28.8. The van der Waals surface area contributed by atoms with Crippen molar-refractivity contribution >= 4 is 86.6 Å². The van der Waals surface area contributed by atoms with Crippen LogP contribution in [-0.4, -0.2) is 126 Å². The maximum Gasteiger partial charge on any atom is 0.293 e. The van der Waals surface area contributed by atoms with E-state index in [4.69, 9.17) is 35.5 Å². The lowest BCUT2D eigenvalue weighted by Gasteiger charge is -2.39. The molecule has 2 fully saturated rings. The molecule has 0 bridgehead atoms. The standard InChI is InChI=1S/C52H63ClN8O10SSi/c1-52(2)16-14-37(43(29-52)35-6-8-38(53)9-7-35)31-57-18-20-58(21-19-57)39-10-12-42(50(63)56-72(66,67)41-11-13-44(46(28-41)61(64)65)54-30-40-32-68-22-23-70-40)45(27-39)60-47-26-36-15-17-59(34-69-24-25-73(3,4)5)49(36)55-51(47)71-33-48(60)62/h6-13,15,17,26-28,40,54H,14,16,18-25,29-34H2,1-5H3,(H,56,63)/t40-/m0/s1. The molecule has 3 aromatic carbocycles. The number of amides is 2. The quantitative estimate of drug-likeness (QED) is 0.0388. The van der Waals surface area contributed by atoms with Gasteiger partial charge in [0.25, 0.3) is 27.5 Å². The van der Waals surface area contributed by atoms with Gasteiger partial charge in [0.05, 0.1) is 47.0 Å². The van der Waals surface area contributed by atoms with Crippen LogP contribution in [0.4, 0.5) is 28.4 Å². The molecule has 0 unspecified atom stereocenters. The molecule has 3 aliphatic heterocycles. The normalized spacial score (nSPS) is 18.7. The molecule has 1 aliphatic carbocycles. The first-order valence-corrected chi connectivity index (χ1v) is 30.3. The number of rotatable bonds is 17. The molecule has 18 nitrogen and oxygen atoms in total. The van der Waals surface area contributed by atoms with Crippen molar-refractivity contribution in [2.45, 2.75) is 76.5 Å². The van der Waals surface area contributed by atoms with Crippen LogP contribution in [0.25, 0.3) is 16.6 Å². The molecular formula is C52H63ClN8O10SSi. The molecule has 5 aromatic rings. The first kappa shape index (κ1) is 52.0. The van der Waals surface area contributed by atoms with Crippen LogP contribution in [0.3, 0.4) is 0 Å². The Balaban J connectivity index is 1.01. The highest BCUT2D eigenvalue weighted by Crippen LogP contribution is 2.44. The summed E-state index contributed by atoms with van der Waals surface area (Å²) in [5.74, 6) is -1.41. The molecule has 21 heteroatoms. The molecule has 0 saturated carbocycles. The summed E-state index contributed by atoms with van der Waals surface area (Å²) in [5, 5.41) is 16.6. The van der Waals surface area contributed by atoms with Gasteiger partial charge in [0.15, 0.2) is 6.61 Å². The number of allylic oxidation sites excluding steroid dienone is 1. The van der Waals surface area contributed by atoms with Crippen LogP contribution in [-0.2, 0) is 35.8 Å². The zero-order valence-corrected chi connectivity index (χ0v) is 44.5. The zero-order valence-electron chi connectivity index (χ0n) is 41.9. The van der Waals surface area contributed by atoms with Gasteiger partial charge in [-0.2, -0.15) is 4.98 Å². The zero-order chi connectivity index (χ0) is 51.7. The Labute approximate surface area is 431 Å². The van der Waals surface area contributed by atoms with E-state index >= 15 is 0 Å². The van der Waals surface area contributed by atoms with E-state index in [-0.39, 0.29) is 53.3 Å². The highest BCUT2D eigenvalue weighted by atomic mass is 35.5. The summed E-state index contributed by atoms with van der Waals surface area (Å²) in [7, 11) is -6.03. The molecule has 9 rings (SSSR count). The number of halogens is 1. The third-order valence-corrected chi connectivity index (χ3v) is 17.1. The molecule has 388 valence electrons. The second-order valence-electron chi connectivity index (χ2n) is 21.1. The Kier molecular flexibility index (Phi) is 15.3. The number of hydrogen-bond donors (Lipinski definition) is 2. The monoisotopic (exact) mass is 1050 g/mol. The van der Waals surface area contributed by atoms with E-state index in [1.165, 1.54) is 39.8 Å². The fraction of sp³-hybridized carbons (Fsp3) is 0.442. The summed E-state index contributed by atoms with van der Waals surface area (Å²) in [6.45, 7) is 16.9. The topological polar surface area (TPSA) is 200 Å². The average molecular weight is 1060 g/mol. The van der Waals surface area contributed by atoms with E-state index in [1.807, 2.05) is 29.0 Å². The summed E-state index contributed by atoms with van der Waals surface area (Å²) in [4.78, 5) is 50.6. The van der Waals surface area contributed by atoms with Crippen LogP contribution in [0, 0.1) is 15.5 Å². The number of carbonyl (C=O) groups is 2. The maximum atomic E-state index is 14.5. The lowest BCUT2D eigenvalue weighted by atomic mass is 9.72. The maximum absolute atomic E-state index is 14.5. The van der Waals surface area contributed by atoms with Gasteiger partial charge in [0, 0.05) is 82.3 Å². The Morgan fingerprint density at radius 1 is 1.00 bits per heavy atom. The summed E-state index contributed by atoms with van der Waals surface area (Å²) < 4.78 is 55.1. The van der Waals surface area contributed by atoms with Crippen molar-refractivity contribution in [3.63, 3.8) is 0 Å². The third-order valence-electron chi connectivity index (χ3n) is 13.8. The summed E-state index contributed by atoms with van der Waals surface area (Å²) >= 11 is 6.28. The molecule has 2 N–H and O–H groups in total. The Bertz CT molecular complexity index is 3040. The van der Waals surface area contributed by atoms with Crippen molar-refractivity contribution in [2.24, 2.45) is 5.41 Å². The van der Waals surface area contributed by atoms with E-state index < -0.39 is 52.0 Å². The minimum atomic E-state index is -4.72. The Morgan fingerprint density at radius 3 is 2.51 bits per heavy atom. The van der Waals surface area contributed by atoms with E-state index in [2.05, 4.69) is 65.5 Å². The number of piperazine rings is 1. The number of pyridine rings is 1. The number of carbonyl (C=O) groups excluding carboxylic acids is 2. The number of anilines is 4. The SMILES string of the molecule is CC1(C)CCC(CN2CCN(c3ccc(C(=O)NS(=O)(=O)c4ccc(NC[C@H]5COCCO5)c([N+](=O)[O-])c4)c(N4C(=O)COc5nc6c(ccn6COCC[Si](C)(C)C)cc54)c3)CC2)=C(c2ccc(Cl)cc2)C1. The Hall–Kier alpha value is -5.87. The van der Waals surface area contributed by atoms with Crippen molar-refractivity contribution in [3.05, 3.63) is 111 Å². The molecule has 2 saturated heterocycles. The number of nitrogens with one attached hydrogen (secondary N) is 2. The Morgan fingerprint density at radius 2 is 1.78 bits per heavy atom. The van der Waals surface area contributed by atoms with Crippen LogP contribution >= 0.6 is 11.6 Å². The molecular weight excluding hydrogens is 992 g/mol. The highest BCUT2D eigenvalue weighted by Gasteiger charge is 2.35. The third kappa shape index (κ3) is 12.2. The van der Waals surface area contributed by atoms with Crippen LogP contribution < -0.4 is 24.6 Å². The van der Waals surface area contributed by atoms with Crippen molar-refractivity contribution in [1.29, 1.82) is 0 Å². The molecule has 0 spiro atoms. The molecule has 2 aromatic heterocycles. The number of aromatic nitrogens is 2. The van der Waals surface area contributed by atoms with Gasteiger partial charge in [-0.1, -0.05) is 62.8 Å². The molecule has 73 heavy (non-hydrogen) atoms. The number of benzene rings is 3. The number of hydrogen-bond acceptors (Lipinski definition) is 14. The van der Waals surface area contributed by atoms with Crippen molar-refractivity contribution in [1.82, 2.24) is 19.2 Å². The van der Waals surface area contributed by atoms with Crippen molar-refractivity contribution in [3.8, 4) is 5.88 Å². The number of nitro groups is 1. The van der Waals surface area contributed by atoms with Crippen molar-refractivity contribution < 1.29 is 41.9 Å². The second kappa shape index (κ2) is 21.5. The molecule has 1 atom stereocenters. The molecule has 5 heterocycles. The van der Waals surface area contributed by atoms with Gasteiger partial charge < -0.3 is 33.7 Å². The lowest BCUT2D eigenvalue weighted by Crippen LogP contribution is -2.47. The van der Waals surface area contributed by atoms with Gasteiger partial charge in [-0.05, 0) is 96.5 Å². The lowest BCUT2D eigenvalue weighted by molar-refractivity contribution is -0.384. The van der Waals surface area contributed by atoms with Crippen LogP contribution in [0.15, 0.2) is 89.5 Å². The minimum absolute atomic E-state index is 0.0677. The summed E-state index contributed by atoms with van der Waals surface area (Å²) in [5.41, 5.74) is 5.29. The number of nitro benzene ring substituents is 1. The predicted molar refractivity (Wildman–Crippen MR) is 284 cm³/mol. The van der Waals surface area contributed by atoms with Crippen molar-refractivity contribution in [2.75, 3.05) is 87.4 Å². The van der Waals surface area contributed by atoms with E-state index in [0.29, 0.717) is 55.6 Å². The fourth-order valence-electron chi connectivity index (χ4n) is 9.68. The summed E-state index contributed by atoms with van der Waals surface area (Å²) in [6.07, 6.45) is 4.58. The highest BCUT2D eigenvalue weighted by molar-refractivity contribution is 7.90. The first-order valence-electron chi connectivity index (χ1n) is 24.7. The number of nitrogens with zero attached hydrogens (tertiary/aromatic N) is 6. The number of fused-ring (bicyclic) bond motifs is 2. The first-order chi connectivity index (χ1) is 34.8. The van der Waals surface area contributed by atoms with Gasteiger partial charge in [0.1, 0.15) is 23.8 Å². The van der Waals surface area contributed by atoms with Gasteiger partial charge in [-0.25, -0.2) is 13.1 Å². The predicted octanol–water partition coefficient (Wildman–Crippen LogP) is 8.70. The van der Waals surface area contributed by atoms with Gasteiger partial charge >= 0.3 is 0 Å². The van der Waals surface area contributed by atoms with E-state index in [9.17, 15) is 28.1 Å². The van der Waals surface area contributed by atoms with Gasteiger partial charge in [-0.3, -0.25) is 29.5 Å². The average Bonchev–Trinajstić information content (AvgIpc) is 3.75. The number of sulfonamides is 1. The largest absolute Gasteiger partial charge is 0.466 e. The van der Waals surface area contributed by atoms with Crippen LogP contribution in [0.5, 0.6) is 5.88 Å². The summed E-state index contributed by atoms with van der Waals surface area (Å²) in [6, 6.07) is 21.1. The van der Waals surface area contributed by atoms with Crippen LogP contribution in [0.1, 0.15) is 49.0 Å². The van der Waals surface area contributed by atoms with E-state index in [1.54, 1.807) is 18.2 Å². The fourth-order valence-corrected chi connectivity index (χ4v) is 11.5. The van der Waals surface area contributed by atoms with Crippen LogP contribution in [0.2, 0.25) is 30.7 Å². The molecule has 0 radical (unpaired) electrons. The molecule has 2 amide bonds. The molecule has 4 aliphatic rings. The van der Waals surface area contributed by atoms with Gasteiger partial charge in [-0.15, -0.1) is 0 Å². The minimum Gasteiger partial charge on any atom is -0.466 e.